The van der Waals surface area contributed by atoms with E-state index in [0.717, 1.165) is 0 Å². The van der Waals surface area contributed by atoms with Gasteiger partial charge in [0, 0.05) is 6.42 Å². The predicted octanol–water partition coefficient (Wildman–Crippen LogP) is 3.07. The average Bonchev–Trinajstić information content (AvgIpc) is 2.24. The molecule has 7 nitrogen and oxygen atoms in total. The molecule has 0 spiro atoms. The van der Waals surface area contributed by atoms with Gasteiger partial charge < -0.3 is 4.52 Å². The minimum absolute atomic E-state index is 0.421. The zero-order valence-corrected chi connectivity index (χ0v) is 11.1. The fourth-order valence-corrected chi connectivity index (χ4v) is 1.38. The van der Waals surface area contributed by atoms with Gasteiger partial charge in [0.25, 0.3) is 0 Å². The molecule has 0 unspecified atom stereocenters. The van der Waals surface area contributed by atoms with Crippen LogP contribution in [0.2, 0.25) is 0 Å². The Morgan fingerprint density at radius 2 is 1.33 bits per heavy atom. The first-order valence-electron chi connectivity index (χ1n) is 4.95. The first-order valence-corrected chi connectivity index (χ1v) is 6.41. The van der Waals surface area contributed by atoms with Gasteiger partial charge >= 0.3 is 26.1 Å². The standard InChI is InChI=1S/C7H9F6O7P/c1-2-5(14)18-21(15,19-16-3-6(8,9)10)20-17-4-7(11,12)13/h2-4H2,1H3. The Morgan fingerprint density at radius 3 is 1.62 bits per heavy atom. The van der Waals surface area contributed by atoms with E-state index in [1.54, 1.807) is 0 Å². The van der Waals surface area contributed by atoms with E-state index < -0.39 is 45.8 Å². The van der Waals surface area contributed by atoms with Crippen molar-refractivity contribution in [3.63, 3.8) is 0 Å². The number of hydrogen-bond acceptors (Lipinski definition) is 7. The first-order chi connectivity index (χ1) is 9.37. The van der Waals surface area contributed by atoms with E-state index in [1.165, 1.54) is 6.92 Å². The Balaban J connectivity index is 4.54. The molecule has 0 bridgehead atoms. The summed E-state index contributed by atoms with van der Waals surface area (Å²) in [6, 6.07) is 0. The maximum atomic E-state index is 11.7. The van der Waals surface area contributed by atoms with Crippen LogP contribution in [-0.2, 0) is 33.0 Å². The molecule has 0 saturated carbocycles. The van der Waals surface area contributed by atoms with Gasteiger partial charge in [-0.25, -0.2) is 14.3 Å². The summed E-state index contributed by atoms with van der Waals surface area (Å²) in [5.74, 6) is -1.30. The number of halogens is 6. The summed E-state index contributed by atoms with van der Waals surface area (Å²) in [6.45, 7) is -2.97. The van der Waals surface area contributed by atoms with Gasteiger partial charge in [-0.3, -0.25) is 4.79 Å². The molecule has 0 atom stereocenters. The number of carbonyl (C=O) groups is 1. The number of carbonyl (C=O) groups excluding carboxylic acids is 1. The average molecular weight is 350 g/mol. The van der Waals surface area contributed by atoms with Crippen molar-refractivity contribution in [1.29, 1.82) is 0 Å². The normalized spacial score (nSPS) is 13.3. The van der Waals surface area contributed by atoms with Crippen LogP contribution in [0.1, 0.15) is 13.3 Å². The van der Waals surface area contributed by atoms with Gasteiger partial charge in [-0.1, -0.05) is 6.92 Å². The van der Waals surface area contributed by atoms with Crippen LogP contribution in [0.3, 0.4) is 0 Å². The molecular weight excluding hydrogens is 341 g/mol. The quantitative estimate of drug-likeness (QED) is 0.288. The van der Waals surface area contributed by atoms with Crippen LogP contribution in [0.4, 0.5) is 26.3 Å². The predicted molar refractivity (Wildman–Crippen MR) is 50.2 cm³/mol. The van der Waals surface area contributed by atoms with Crippen molar-refractivity contribution in [2.45, 2.75) is 25.7 Å². The van der Waals surface area contributed by atoms with Crippen molar-refractivity contribution in [3.8, 4) is 0 Å². The Bertz CT molecular complexity index is 357. The molecule has 0 N–H and O–H groups in total. The lowest BCUT2D eigenvalue weighted by molar-refractivity contribution is -0.329. The van der Waals surface area contributed by atoms with Gasteiger partial charge in [0.2, 0.25) is 0 Å². The van der Waals surface area contributed by atoms with Gasteiger partial charge in [0.1, 0.15) is 0 Å². The van der Waals surface area contributed by atoms with E-state index in [-0.39, 0.29) is 0 Å². The largest absolute Gasteiger partial charge is 0.587 e. The molecule has 14 heteroatoms. The second kappa shape index (κ2) is 7.94. The van der Waals surface area contributed by atoms with Gasteiger partial charge in [-0.05, 0) is 0 Å². The molecule has 0 fully saturated rings. The van der Waals surface area contributed by atoms with Crippen LogP contribution in [0.15, 0.2) is 0 Å². The van der Waals surface area contributed by atoms with Crippen LogP contribution in [-0.4, -0.2) is 31.5 Å². The number of rotatable bonds is 8. The molecule has 0 aromatic rings. The van der Waals surface area contributed by atoms with Crippen LogP contribution in [0.25, 0.3) is 0 Å². The van der Waals surface area contributed by atoms with E-state index in [1.807, 2.05) is 0 Å². The first kappa shape index (κ1) is 20.1. The number of alkyl halides is 6. The highest BCUT2D eigenvalue weighted by Gasteiger charge is 2.39. The van der Waals surface area contributed by atoms with Crippen LogP contribution >= 0.6 is 7.82 Å². The van der Waals surface area contributed by atoms with Crippen LogP contribution in [0.5, 0.6) is 0 Å². The third kappa shape index (κ3) is 11.5. The molecule has 0 aliphatic rings. The zero-order valence-electron chi connectivity index (χ0n) is 10.2. The van der Waals surface area contributed by atoms with Gasteiger partial charge in [0.05, 0.1) is 0 Å². The summed E-state index contributed by atoms with van der Waals surface area (Å²) < 4.78 is 93.0. The fraction of sp³-hybridized carbons (Fsp3) is 0.857. The second-order valence-electron chi connectivity index (χ2n) is 3.17. The molecule has 0 rings (SSSR count). The monoisotopic (exact) mass is 350 g/mol. The van der Waals surface area contributed by atoms with Crippen LogP contribution in [0, 0.1) is 0 Å². The molecule has 126 valence electrons. The summed E-state index contributed by atoms with van der Waals surface area (Å²) in [4.78, 5) is 17.7. The van der Waals surface area contributed by atoms with Crippen molar-refractivity contribution < 1.29 is 59.3 Å². The van der Waals surface area contributed by atoms with Gasteiger partial charge in [-0.15, -0.1) is 9.35 Å². The lowest BCUT2D eigenvalue weighted by Gasteiger charge is -2.15. The second-order valence-corrected chi connectivity index (χ2v) is 4.54. The minimum Gasteiger partial charge on any atom is -0.368 e. The third-order valence-corrected chi connectivity index (χ3v) is 2.24. The SMILES string of the molecule is CCC(=O)OP(=O)(OOCC(F)(F)F)OOCC(F)(F)F. The lowest BCUT2D eigenvalue weighted by atomic mass is 10.5. The molecular formula is C7H9F6O7P. The number of phosphoric acid groups is 1. The molecule has 0 saturated heterocycles. The highest BCUT2D eigenvalue weighted by atomic mass is 31.2. The lowest BCUT2D eigenvalue weighted by Crippen LogP contribution is -2.19. The van der Waals surface area contributed by atoms with E-state index in [2.05, 4.69) is 23.6 Å². The molecule has 0 aliphatic carbocycles. The highest BCUT2D eigenvalue weighted by Crippen LogP contribution is 2.50. The summed E-state index contributed by atoms with van der Waals surface area (Å²) in [6.07, 6.45) is -10.2. The molecule has 0 aromatic carbocycles. The molecule has 0 heterocycles. The minimum atomic E-state index is -5.26. The Hall–Kier alpha value is -0.880. The molecule has 0 aromatic heterocycles. The Morgan fingerprint density at radius 1 is 0.952 bits per heavy atom. The van der Waals surface area contributed by atoms with Gasteiger partial charge in [0.15, 0.2) is 13.2 Å². The van der Waals surface area contributed by atoms with Crippen molar-refractivity contribution in [1.82, 2.24) is 0 Å². The summed E-state index contributed by atoms with van der Waals surface area (Å²) in [5.41, 5.74) is 0. The summed E-state index contributed by atoms with van der Waals surface area (Å²) >= 11 is 0. The molecule has 0 amide bonds. The van der Waals surface area contributed by atoms with Crippen molar-refractivity contribution >= 4 is 13.8 Å². The van der Waals surface area contributed by atoms with E-state index in [4.69, 9.17) is 0 Å². The topological polar surface area (TPSA) is 80.3 Å². The maximum Gasteiger partial charge on any atom is 0.587 e. The number of hydrogen-bond donors (Lipinski definition) is 0. The van der Waals surface area contributed by atoms with Crippen molar-refractivity contribution in [3.05, 3.63) is 0 Å². The highest BCUT2D eigenvalue weighted by molar-refractivity contribution is 7.48. The fourth-order valence-electron chi connectivity index (χ4n) is 0.548. The third-order valence-electron chi connectivity index (χ3n) is 1.24. The maximum absolute atomic E-state index is 11.7. The van der Waals surface area contributed by atoms with E-state index in [9.17, 15) is 35.7 Å². The molecule has 0 radical (unpaired) electrons. The summed E-state index contributed by atoms with van der Waals surface area (Å²) in [5, 5.41) is 0. The van der Waals surface area contributed by atoms with Crippen molar-refractivity contribution in [2.24, 2.45) is 0 Å². The Kier molecular flexibility index (Phi) is 7.61. The van der Waals surface area contributed by atoms with Gasteiger partial charge in [-0.2, -0.15) is 26.3 Å². The van der Waals surface area contributed by atoms with Crippen molar-refractivity contribution in [2.75, 3.05) is 13.2 Å². The summed E-state index contributed by atoms with van der Waals surface area (Å²) in [7, 11) is -5.26. The molecule has 21 heavy (non-hydrogen) atoms. The Labute approximate surface area is 113 Å². The van der Waals surface area contributed by atoms with E-state index >= 15 is 0 Å². The van der Waals surface area contributed by atoms with E-state index in [0.29, 0.717) is 0 Å². The smallest absolute Gasteiger partial charge is 0.368 e. The molecule has 0 aliphatic heterocycles. The van der Waals surface area contributed by atoms with Crippen LogP contribution < -0.4 is 0 Å². The zero-order chi connectivity index (χ0) is 16.7.